The standard InChI is InChI=1S/C17H35FO3S.Na/c1-3-5-7-8-9-10-11-12-14-16-17(18,22(19,20)21)15-13-6-4-2;/h3-16H2,1-2H3,(H,19,20,21);/q;+1/p-1. The first-order chi connectivity index (χ1) is 10.4. The predicted octanol–water partition coefficient (Wildman–Crippen LogP) is 2.70. The van der Waals surface area contributed by atoms with Gasteiger partial charge in [-0.15, -0.1) is 0 Å². The molecule has 23 heavy (non-hydrogen) atoms. The molecule has 0 aromatic heterocycles. The van der Waals surface area contributed by atoms with Crippen LogP contribution in [-0.2, 0) is 10.1 Å². The molecule has 0 saturated heterocycles. The molecular formula is C17H34FNaO3S. The first kappa shape index (κ1) is 26.1. The predicted molar refractivity (Wildman–Crippen MR) is 89.5 cm³/mol. The Hall–Kier alpha value is 0.840. The Morgan fingerprint density at radius 2 is 1.04 bits per heavy atom. The van der Waals surface area contributed by atoms with Crippen LogP contribution in [0.2, 0.25) is 0 Å². The molecule has 0 bridgehead atoms. The molecule has 134 valence electrons. The van der Waals surface area contributed by atoms with Gasteiger partial charge in [0.2, 0.25) is 0 Å². The average molecular weight is 361 g/mol. The largest absolute Gasteiger partial charge is 1.00 e. The molecule has 0 aliphatic rings. The van der Waals surface area contributed by atoms with Crippen LogP contribution in [0.1, 0.15) is 104 Å². The Balaban J connectivity index is 0. The van der Waals surface area contributed by atoms with Gasteiger partial charge in [-0.25, -0.2) is 12.8 Å². The molecule has 0 spiro atoms. The van der Waals surface area contributed by atoms with E-state index in [9.17, 15) is 17.4 Å². The smallest absolute Gasteiger partial charge is 0.745 e. The van der Waals surface area contributed by atoms with Crippen molar-refractivity contribution in [2.75, 3.05) is 0 Å². The van der Waals surface area contributed by atoms with E-state index in [1.54, 1.807) is 0 Å². The summed E-state index contributed by atoms with van der Waals surface area (Å²) in [5.41, 5.74) is 0. The van der Waals surface area contributed by atoms with Crippen LogP contribution in [0.25, 0.3) is 0 Å². The van der Waals surface area contributed by atoms with E-state index in [1.165, 1.54) is 32.1 Å². The van der Waals surface area contributed by atoms with Gasteiger partial charge in [0.15, 0.2) is 5.00 Å². The van der Waals surface area contributed by atoms with Crippen molar-refractivity contribution in [3.63, 3.8) is 0 Å². The first-order valence-electron chi connectivity index (χ1n) is 9.01. The maximum Gasteiger partial charge on any atom is 1.00 e. The molecule has 3 nitrogen and oxygen atoms in total. The molecule has 0 heterocycles. The second-order valence-corrected chi connectivity index (χ2v) is 8.01. The topological polar surface area (TPSA) is 57.2 Å². The van der Waals surface area contributed by atoms with E-state index in [1.807, 2.05) is 6.92 Å². The third-order valence-electron chi connectivity index (χ3n) is 4.26. The fourth-order valence-electron chi connectivity index (χ4n) is 2.71. The maximum atomic E-state index is 14.4. The second kappa shape index (κ2) is 15.1. The number of hydrogen-bond donors (Lipinski definition) is 0. The van der Waals surface area contributed by atoms with Crippen molar-refractivity contribution in [2.45, 2.75) is 109 Å². The van der Waals surface area contributed by atoms with Gasteiger partial charge < -0.3 is 4.55 Å². The van der Waals surface area contributed by atoms with E-state index in [0.717, 1.165) is 32.1 Å². The third-order valence-corrected chi connectivity index (χ3v) is 5.56. The molecule has 0 aliphatic carbocycles. The summed E-state index contributed by atoms with van der Waals surface area (Å²) in [4.78, 5) is 0. The van der Waals surface area contributed by atoms with Crippen LogP contribution < -0.4 is 29.6 Å². The zero-order valence-electron chi connectivity index (χ0n) is 15.4. The molecule has 0 fully saturated rings. The van der Waals surface area contributed by atoms with Crippen molar-refractivity contribution in [3.05, 3.63) is 0 Å². The summed E-state index contributed by atoms with van der Waals surface area (Å²) in [6.07, 6.45) is 11.4. The molecule has 1 unspecified atom stereocenters. The van der Waals surface area contributed by atoms with E-state index >= 15 is 0 Å². The van der Waals surface area contributed by atoms with Crippen LogP contribution in [0.5, 0.6) is 0 Å². The quantitative estimate of drug-likeness (QED) is 0.256. The molecule has 1 atom stereocenters. The zero-order chi connectivity index (χ0) is 16.9. The first-order valence-corrected chi connectivity index (χ1v) is 10.4. The summed E-state index contributed by atoms with van der Waals surface area (Å²) < 4.78 is 48.0. The van der Waals surface area contributed by atoms with E-state index in [0.29, 0.717) is 12.8 Å². The monoisotopic (exact) mass is 360 g/mol. The van der Waals surface area contributed by atoms with E-state index < -0.39 is 15.1 Å². The van der Waals surface area contributed by atoms with Crippen LogP contribution in [-0.4, -0.2) is 18.0 Å². The van der Waals surface area contributed by atoms with Gasteiger partial charge >= 0.3 is 29.6 Å². The van der Waals surface area contributed by atoms with E-state index in [2.05, 4.69) is 6.92 Å². The molecule has 0 rings (SSSR count). The SMILES string of the molecule is CCCCCCCCCCCC(F)(CCCCC)S(=O)(=O)[O-].[Na+]. The molecular weight excluding hydrogens is 326 g/mol. The molecule has 0 aromatic rings. The normalized spacial score (nSPS) is 14.3. The van der Waals surface area contributed by atoms with Gasteiger partial charge in [0.25, 0.3) is 0 Å². The van der Waals surface area contributed by atoms with Gasteiger partial charge in [0.05, 0.1) is 0 Å². The van der Waals surface area contributed by atoms with E-state index in [-0.39, 0.29) is 42.4 Å². The van der Waals surface area contributed by atoms with Gasteiger partial charge in [-0.3, -0.25) is 0 Å². The minimum absolute atomic E-state index is 0. The molecule has 0 aromatic carbocycles. The summed E-state index contributed by atoms with van der Waals surface area (Å²) >= 11 is 0. The number of alkyl halides is 1. The van der Waals surface area contributed by atoms with Gasteiger partial charge in [0.1, 0.15) is 10.1 Å². The summed E-state index contributed by atoms with van der Waals surface area (Å²) in [7, 11) is -4.87. The minimum atomic E-state index is -4.87. The van der Waals surface area contributed by atoms with Gasteiger partial charge in [0, 0.05) is 0 Å². The summed E-state index contributed by atoms with van der Waals surface area (Å²) in [5, 5.41) is -2.55. The second-order valence-electron chi connectivity index (χ2n) is 6.37. The summed E-state index contributed by atoms with van der Waals surface area (Å²) in [6, 6.07) is 0. The van der Waals surface area contributed by atoms with Crippen molar-refractivity contribution < 1.29 is 46.9 Å². The minimum Gasteiger partial charge on any atom is -0.745 e. The Morgan fingerprint density at radius 3 is 1.43 bits per heavy atom. The number of hydrogen-bond acceptors (Lipinski definition) is 3. The Labute approximate surface area is 165 Å². The third kappa shape index (κ3) is 12.8. The van der Waals surface area contributed by atoms with Crippen LogP contribution in [0.3, 0.4) is 0 Å². The van der Waals surface area contributed by atoms with Crippen LogP contribution in [0.4, 0.5) is 4.39 Å². The maximum absolute atomic E-state index is 14.4. The fourth-order valence-corrected chi connectivity index (χ4v) is 3.50. The van der Waals surface area contributed by atoms with Crippen LogP contribution >= 0.6 is 0 Å². The van der Waals surface area contributed by atoms with E-state index in [4.69, 9.17) is 0 Å². The molecule has 0 saturated carbocycles. The Morgan fingerprint density at radius 1 is 0.739 bits per heavy atom. The van der Waals surface area contributed by atoms with Gasteiger partial charge in [-0.1, -0.05) is 78.1 Å². The van der Waals surface area contributed by atoms with Crippen molar-refractivity contribution in [1.82, 2.24) is 0 Å². The zero-order valence-corrected chi connectivity index (χ0v) is 18.2. The number of rotatable bonds is 15. The summed E-state index contributed by atoms with van der Waals surface area (Å²) in [5.74, 6) is 0. The molecule has 0 N–H and O–H groups in total. The van der Waals surface area contributed by atoms with Gasteiger partial charge in [-0.2, -0.15) is 0 Å². The van der Waals surface area contributed by atoms with Crippen LogP contribution in [0, 0.1) is 0 Å². The average Bonchev–Trinajstić information content (AvgIpc) is 2.44. The number of halogens is 1. The number of unbranched alkanes of at least 4 members (excludes halogenated alkanes) is 10. The Kier molecular flexibility index (Phi) is 17.1. The molecule has 6 heteroatoms. The van der Waals surface area contributed by atoms with Crippen molar-refractivity contribution in [1.29, 1.82) is 0 Å². The molecule has 0 amide bonds. The molecule has 0 aliphatic heterocycles. The van der Waals surface area contributed by atoms with Crippen LogP contribution in [0.15, 0.2) is 0 Å². The summed E-state index contributed by atoms with van der Waals surface area (Å²) in [6.45, 7) is 4.15. The Bertz CT molecular complexity index is 363. The van der Waals surface area contributed by atoms with Crippen molar-refractivity contribution >= 4 is 10.1 Å². The van der Waals surface area contributed by atoms with Crippen molar-refractivity contribution in [2.24, 2.45) is 0 Å². The van der Waals surface area contributed by atoms with Crippen molar-refractivity contribution in [3.8, 4) is 0 Å². The van der Waals surface area contributed by atoms with Gasteiger partial charge in [-0.05, 0) is 25.7 Å². The molecule has 0 radical (unpaired) electrons. The fraction of sp³-hybridized carbons (Fsp3) is 1.00.